The van der Waals surface area contributed by atoms with E-state index in [2.05, 4.69) is 97.3 Å². The van der Waals surface area contributed by atoms with Gasteiger partial charge in [-0.2, -0.15) is 0 Å². The van der Waals surface area contributed by atoms with Crippen molar-refractivity contribution in [2.45, 2.75) is 25.8 Å². The van der Waals surface area contributed by atoms with E-state index >= 15 is 0 Å². The van der Waals surface area contributed by atoms with Crippen LogP contribution in [0, 0.1) is 0 Å². The largest absolute Gasteiger partial charge is 0.497 e. The highest BCUT2D eigenvalue weighted by molar-refractivity contribution is 6.17. The molecule has 184 valence electrons. The van der Waals surface area contributed by atoms with Gasteiger partial charge in [0.15, 0.2) is 0 Å². The molecule has 0 unspecified atom stereocenters. The predicted molar refractivity (Wildman–Crippen MR) is 156 cm³/mol. The van der Waals surface area contributed by atoms with Crippen molar-refractivity contribution in [3.63, 3.8) is 0 Å². The maximum Gasteiger partial charge on any atom is 0.135 e. The van der Waals surface area contributed by atoms with Gasteiger partial charge in [-0.15, -0.1) is 0 Å². The van der Waals surface area contributed by atoms with Crippen molar-refractivity contribution < 1.29 is 9.15 Å². The minimum absolute atomic E-state index is 0.160. The number of rotatable bonds is 3. The Labute approximate surface area is 220 Å². The Kier molecular flexibility index (Phi) is 4.27. The van der Waals surface area contributed by atoms with Gasteiger partial charge in [-0.1, -0.05) is 80.6 Å². The highest BCUT2D eigenvalue weighted by Crippen LogP contribution is 2.55. The summed E-state index contributed by atoms with van der Waals surface area (Å²) in [6.07, 6.45) is 0. The summed E-state index contributed by atoms with van der Waals surface area (Å²) >= 11 is 0. The summed E-state index contributed by atoms with van der Waals surface area (Å²) in [6.45, 7) is 5.51. The topological polar surface area (TPSA) is 27.3 Å². The van der Waals surface area contributed by atoms with E-state index in [1.54, 1.807) is 7.11 Å². The van der Waals surface area contributed by atoms with Gasteiger partial charge in [0.25, 0.3) is 0 Å². The van der Waals surface area contributed by atoms with Gasteiger partial charge in [0.1, 0.15) is 16.9 Å². The van der Waals surface area contributed by atoms with Crippen molar-refractivity contribution in [3.05, 3.63) is 114 Å². The molecule has 3 heteroatoms. The molecule has 5 aromatic carbocycles. The maximum absolute atomic E-state index is 6.31. The highest BCUT2D eigenvalue weighted by atomic mass is 16.5. The normalized spacial score (nSPS) is 14.0. The Balaban J connectivity index is 1.48. The molecule has 1 aliphatic carbocycles. The van der Waals surface area contributed by atoms with Crippen LogP contribution < -0.4 is 4.74 Å². The minimum atomic E-state index is -0.160. The molecule has 2 aromatic heterocycles. The van der Waals surface area contributed by atoms with E-state index in [1.165, 1.54) is 60.4 Å². The number of methoxy groups -OCH3 is 1. The molecule has 38 heavy (non-hydrogen) atoms. The van der Waals surface area contributed by atoms with Gasteiger partial charge in [0.05, 0.1) is 12.6 Å². The average Bonchev–Trinajstić information content (AvgIpc) is 3.55. The van der Waals surface area contributed by atoms with Crippen molar-refractivity contribution in [1.29, 1.82) is 0 Å². The van der Waals surface area contributed by atoms with Gasteiger partial charge in [0, 0.05) is 44.6 Å². The van der Waals surface area contributed by atoms with Crippen molar-refractivity contribution in [1.82, 2.24) is 4.57 Å². The fourth-order valence-electron chi connectivity index (χ4n) is 6.83. The Bertz CT molecular complexity index is 2050. The molecule has 0 aliphatic heterocycles. The number of furan rings is 1. The summed E-state index contributed by atoms with van der Waals surface area (Å²) in [5, 5.41) is 5.02. The summed E-state index contributed by atoms with van der Waals surface area (Å²) in [7, 11) is 1.71. The van der Waals surface area contributed by atoms with Crippen LogP contribution in [0.2, 0.25) is 0 Å². The van der Waals surface area contributed by atoms with Crippen LogP contribution in [0.25, 0.3) is 54.9 Å². The molecule has 8 rings (SSSR count). The van der Waals surface area contributed by atoms with Gasteiger partial charge >= 0.3 is 0 Å². The second kappa shape index (κ2) is 7.52. The first-order valence-corrected chi connectivity index (χ1v) is 13.2. The third-order valence-corrected chi connectivity index (χ3v) is 8.54. The Morgan fingerprint density at radius 3 is 2.32 bits per heavy atom. The van der Waals surface area contributed by atoms with Gasteiger partial charge in [-0.25, -0.2) is 0 Å². The number of para-hydroxylation sites is 2. The number of benzene rings is 5. The first kappa shape index (κ1) is 21.6. The molecule has 0 radical (unpaired) electrons. The molecule has 1 aliphatic rings. The maximum atomic E-state index is 6.31. The van der Waals surface area contributed by atoms with E-state index in [0.29, 0.717) is 0 Å². The van der Waals surface area contributed by atoms with Crippen molar-refractivity contribution in [2.24, 2.45) is 0 Å². The number of hydrogen-bond acceptors (Lipinski definition) is 2. The second-order valence-corrected chi connectivity index (χ2v) is 10.9. The molecule has 0 amide bonds. The highest BCUT2D eigenvalue weighted by Gasteiger charge is 2.40. The molecule has 3 nitrogen and oxygen atoms in total. The Morgan fingerprint density at radius 1 is 0.737 bits per heavy atom. The lowest BCUT2D eigenvalue weighted by Crippen LogP contribution is -2.15. The lowest BCUT2D eigenvalue weighted by Gasteiger charge is -2.22. The zero-order valence-corrected chi connectivity index (χ0v) is 21.7. The van der Waals surface area contributed by atoms with Crippen molar-refractivity contribution >= 4 is 43.7 Å². The van der Waals surface area contributed by atoms with E-state index in [-0.39, 0.29) is 5.41 Å². The summed E-state index contributed by atoms with van der Waals surface area (Å²) in [5.74, 6) is 0.879. The second-order valence-electron chi connectivity index (χ2n) is 10.9. The van der Waals surface area contributed by atoms with Crippen LogP contribution in [0.15, 0.2) is 101 Å². The average molecular weight is 494 g/mol. The van der Waals surface area contributed by atoms with Crippen molar-refractivity contribution in [3.8, 4) is 16.9 Å². The number of ether oxygens (including phenoxy) is 1. The number of aromatic nitrogens is 1. The van der Waals surface area contributed by atoms with Crippen LogP contribution in [0.5, 0.6) is 5.75 Å². The smallest absolute Gasteiger partial charge is 0.135 e. The molecule has 0 spiro atoms. The van der Waals surface area contributed by atoms with Crippen LogP contribution in [-0.2, 0) is 12.0 Å². The molecule has 0 saturated carbocycles. The number of nitrogens with zero attached hydrogens (tertiary/aromatic N) is 1. The van der Waals surface area contributed by atoms with Gasteiger partial charge in [-0.3, -0.25) is 0 Å². The molecular weight excluding hydrogens is 466 g/mol. The molecular formula is C35H27NO2. The van der Waals surface area contributed by atoms with E-state index in [9.17, 15) is 0 Å². The number of fused-ring (bicyclic) bond motifs is 11. The molecule has 2 heterocycles. The summed E-state index contributed by atoms with van der Waals surface area (Å²) < 4.78 is 14.2. The molecule has 0 atom stereocenters. The van der Waals surface area contributed by atoms with Gasteiger partial charge < -0.3 is 13.7 Å². The van der Waals surface area contributed by atoms with E-state index in [4.69, 9.17) is 9.15 Å². The van der Waals surface area contributed by atoms with Crippen LogP contribution in [0.3, 0.4) is 0 Å². The van der Waals surface area contributed by atoms with Crippen LogP contribution in [0.1, 0.15) is 30.5 Å². The Morgan fingerprint density at radius 2 is 1.50 bits per heavy atom. The molecule has 7 aromatic rings. The monoisotopic (exact) mass is 493 g/mol. The molecule has 0 bridgehead atoms. The van der Waals surface area contributed by atoms with Gasteiger partial charge in [0.2, 0.25) is 0 Å². The molecule has 0 saturated heterocycles. The van der Waals surface area contributed by atoms with Crippen LogP contribution in [0.4, 0.5) is 0 Å². The fourth-order valence-corrected chi connectivity index (χ4v) is 6.83. The van der Waals surface area contributed by atoms with Gasteiger partial charge in [-0.05, 0) is 52.6 Å². The third kappa shape index (κ3) is 2.74. The summed E-state index contributed by atoms with van der Waals surface area (Å²) in [4.78, 5) is 0. The quantitative estimate of drug-likeness (QED) is 0.245. The SMILES string of the molecule is COc1ccc(Cn2c3ccccc3c3ccc4c(c32)-c2ccc3oc5ccccc5c3c2C4(C)C)cc1. The predicted octanol–water partition coefficient (Wildman–Crippen LogP) is 9.06. The fraction of sp³-hybridized carbons (Fsp3) is 0.143. The van der Waals surface area contributed by atoms with E-state index in [1.807, 2.05) is 18.2 Å². The summed E-state index contributed by atoms with van der Waals surface area (Å²) in [5.41, 5.74) is 11.0. The zero-order chi connectivity index (χ0) is 25.6. The minimum Gasteiger partial charge on any atom is -0.497 e. The number of hydrogen-bond donors (Lipinski definition) is 0. The van der Waals surface area contributed by atoms with E-state index < -0.39 is 0 Å². The molecule has 0 N–H and O–H groups in total. The lowest BCUT2D eigenvalue weighted by atomic mass is 9.80. The van der Waals surface area contributed by atoms with Crippen molar-refractivity contribution in [2.75, 3.05) is 7.11 Å². The van der Waals surface area contributed by atoms with E-state index in [0.717, 1.165) is 23.5 Å². The first-order chi connectivity index (χ1) is 18.6. The van der Waals surface area contributed by atoms with Crippen LogP contribution >= 0.6 is 0 Å². The third-order valence-electron chi connectivity index (χ3n) is 8.54. The Hall–Kier alpha value is -4.50. The first-order valence-electron chi connectivity index (χ1n) is 13.2. The lowest BCUT2D eigenvalue weighted by molar-refractivity contribution is 0.414. The molecule has 0 fully saturated rings. The standard InChI is InChI=1S/C35H27NO2/c1-35(2)27-18-16-24-23-8-4-6-10-28(23)36(20-21-12-14-22(37-3)15-13-21)34(24)31(27)26-17-19-30-32(33(26)35)25-9-5-7-11-29(25)38-30/h4-19H,20H2,1-3H3. The van der Waals surface area contributed by atoms with Crippen LogP contribution in [-0.4, -0.2) is 11.7 Å². The summed E-state index contributed by atoms with van der Waals surface area (Å²) in [6, 6.07) is 34.8. The zero-order valence-electron chi connectivity index (χ0n) is 21.7.